The first-order valence-corrected chi connectivity index (χ1v) is 11.0. The lowest BCUT2D eigenvalue weighted by Gasteiger charge is -2.24. The summed E-state index contributed by atoms with van der Waals surface area (Å²) < 4.78 is 12.7. The number of hydrogen-bond donors (Lipinski definition) is 2. The Balaban J connectivity index is 1.41. The minimum atomic E-state index is -0.600. The van der Waals surface area contributed by atoms with Crippen LogP contribution in [0.1, 0.15) is 26.5 Å². The number of nitrogens with one attached hydrogen (secondary N) is 2. The highest BCUT2D eigenvalue weighted by molar-refractivity contribution is 5.91. The number of carbonyl (C=O) groups is 2. The number of aryl methyl sites for hydroxylation is 1. The number of amides is 3. The molecule has 3 aromatic rings. The largest absolute Gasteiger partial charge is 0.444 e. The molecule has 0 unspecified atom stereocenters. The molecule has 180 valence electrons. The maximum absolute atomic E-state index is 12.7. The third-order valence-electron chi connectivity index (χ3n) is 5.36. The van der Waals surface area contributed by atoms with Crippen LogP contribution >= 0.6 is 0 Å². The molecule has 3 amide bonds. The Morgan fingerprint density at radius 3 is 2.65 bits per heavy atom. The smallest absolute Gasteiger partial charge is 0.410 e. The van der Waals surface area contributed by atoms with E-state index in [1.54, 1.807) is 36.4 Å². The predicted molar refractivity (Wildman–Crippen MR) is 126 cm³/mol. The number of ether oxygens (including phenoxy) is 2. The van der Waals surface area contributed by atoms with Gasteiger partial charge < -0.3 is 19.7 Å². The lowest BCUT2D eigenvalue weighted by Crippen LogP contribution is -2.45. The van der Waals surface area contributed by atoms with Gasteiger partial charge >= 0.3 is 12.1 Å². The summed E-state index contributed by atoms with van der Waals surface area (Å²) in [5.74, 6) is 0.381. The Labute approximate surface area is 197 Å². The second-order valence-corrected chi connectivity index (χ2v) is 9.20. The van der Waals surface area contributed by atoms with Gasteiger partial charge in [-0.05, 0) is 45.9 Å². The van der Waals surface area contributed by atoms with Gasteiger partial charge in [-0.1, -0.05) is 0 Å². The van der Waals surface area contributed by atoms with Crippen molar-refractivity contribution < 1.29 is 19.1 Å². The van der Waals surface area contributed by atoms with Crippen molar-refractivity contribution in [3.05, 3.63) is 42.5 Å². The number of urea groups is 1. The molecule has 4 rings (SSSR count). The Morgan fingerprint density at radius 2 is 1.94 bits per heavy atom. The highest BCUT2D eigenvalue weighted by atomic mass is 16.6. The van der Waals surface area contributed by atoms with E-state index < -0.39 is 17.7 Å². The van der Waals surface area contributed by atoms with Crippen molar-refractivity contribution in [2.24, 2.45) is 0 Å². The van der Waals surface area contributed by atoms with E-state index in [-0.39, 0.29) is 18.7 Å². The number of anilines is 1. The van der Waals surface area contributed by atoms with E-state index in [4.69, 9.17) is 9.47 Å². The monoisotopic (exact) mass is 467 g/mol. The summed E-state index contributed by atoms with van der Waals surface area (Å²) in [6, 6.07) is 4.72. The van der Waals surface area contributed by atoms with Gasteiger partial charge in [0.25, 0.3) is 0 Å². The van der Waals surface area contributed by atoms with E-state index in [1.165, 1.54) is 4.90 Å². The van der Waals surface area contributed by atoms with Crippen molar-refractivity contribution >= 4 is 28.8 Å². The van der Waals surface area contributed by atoms with Crippen LogP contribution in [0.25, 0.3) is 16.6 Å². The first-order chi connectivity index (χ1) is 16.1. The van der Waals surface area contributed by atoms with Gasteiger partial charge in [0.05, 0.1) is 42.3 Å². The number of aromatic nitrogens is 4. The van der Waals surface area contributed by atoms with E-state index in [9.17, 15) is 9.59 Å². The Hall–Kier alpha value is -3.73. The third-order valence-corrected chi connectivity index (χ3v) is 5.36. The van der Waals surface area contributed by atoms with Crippen molar-refractivity contribution in [1.82, 2.24) is 30.0 Å². The molecule has 0 spiro atoms. The standard InChI is InChI=1S/C23H29N7O4/c1-14-8-16(6-7-24-14)30-18-11-25-20(9-15(18)10-26-30)28-21(31)27-17-12-29(13-19(17)33-5)22(32)34-23(2,3)4/h6-11,17,19H,12-13H2,1-5H3,(H2,25,27,28,31)/t17-,19-/m1/s1. The second-order valence-electron chi connectivity index (χ2n) is 9.20. The molecule has 11 heteroatoms. The van der Waals surface area contributed by atoms with Gasteiger partial charge in [0.2, 0.25) is 0 Å². The molecule has 0 aliphatic carbocycles. The Kier molecular flexibility index (Phi) is 6.38. The van der Waals surface area contributed by atoms with E-state index in [0.29, 0.717) is 12.4 Å². The van der Waals surface area contributed by atoms with Crippen molar-refractivity contribution in [2.45, 2.75) is 45.4 Å². The number of rotatable bonds is 4. The zero-order valence-electron chi connectivity index (χ0n) is 19.9. The summed E-state index contributed by atoms with van der Waals surface area (Å²) in [7, 11) is 1.55. The average molecular weight is 468 g/mol. The van der Waals surface area contributed by atoms with Crippen LogP contribution in [0, 0.1) is 6.92 Å². The van der Waals surface area contributed by atoms with Crippen LogP contribution in [0.15, 0.2) is 36.8 Å². The minimum Gasteiger partial charge on any atom is -0.444 e. The molecule has 2 atom stereocenters. The highest BCUT2D eigenvalue weighted by Gasteiger charge is 2.38. The molecule has 2 N–H and O–H groups in total. The summed E-state index contributed by atoms with van der Waals surface area (Å²) in [5.41, 5.74) is 1.97. The molecule has 1 aliphatic heterocycles. The minimum absolute atomic E-state index is 0.283. The maximum Gasteiger partial charge on any atom is 0.410 e. The lowest BCUT2D eigenvalue weighted by atomic mass is 10.2. The van der Waals surface area contributed by atoms with Crippen LogP contribution in [0.2, 0.25) is 0 Å². The van der Waals surface area contributed by atoms with Crippen molar-refractivity contribution in [1.29, 1.82) is 0 Å². The summed E-state index contributed by atoms with van der Waals surface area (Å²) in [6.07, 6.45) is 4.31. The SMILES string of the molecule is CO[C@@H]1CN(C(=O)OC(C)(C)C)C[C@H]1NC(=O)Nc1cc2cnn(-c3ccnc(C)c3)c2cn1. The maximum atomic E-state index is 12.7. The molecule has 4 heterocycles. The van der Waals surface area contributed by atoms with Crippen LogP contribution in [-0.4, -0.2) is 74.7 Å². The normalized spacial score (nSPS) is 18.2. The molecule has 1 saturated heterocycles. The highest BCUT2D eigenvalue weighted by Crippen LogP contribution is 2.21. The number of fused-ring (bicyclic) bond motifs is 1. The van der Waals surface area contributed by atoms with Crippen LogP contribution in [0.5, 0.6) is 0 Å². The number of nitrogens with zero attached hydrogens (tertiary/aromatic N) is 5. The summed E-state index contributed by atoms with van der Waals surface area (Å²) >= 11 is 0. The molecule has 34 heavy (non-hydrogen) atoms. The molecular weight excluding hydrogens is 438 g/mol. The summed E-state index contributed by atoms with van der Waals surface area (Å²) in [5, 5.41) is 10.9. The topological polar surface area (TPSA) is 124 Å². The molecule has 3 aromatic heterocycles. The average Bonchev–Trinajstić information content (AvgIpc) is 3.36. The number of hydrogen-bond acceptors (Lipinski definition) is 7. The lowest BCUT2D eigenvalue weighted by molar-refractivity contribution is 0.0252. The Morgan fingerprint density at radius 1 is 1.15 bits per heavy atom. The van der Waals surface area contributed by atoms with Crippen LogP contribution in [0.4, 0.5) is 15.4 Å². The third kappa shape index (κ3) is 5.25. The van der Waals surface area contributed by atoms with Crippen LogP contribution in [0.3, 0.4) is 0 Å². The molecule has 0 saturated carbocycles. The van der Waals surface area contributed by atoms with Crippen molar-refractivity contribution in [2.75, 3.05) is 25.5 Å². The predicted octanol–water partition coefficient (Wildman–Crippen LogP) is 2.88. The molecule has 1 aliphatic rings. The van der Waals surface area contributed by atoms with Gasteiger partial charge in [0, 0.05) is 30.9 Å². The van der Waals surface area contributed by atoms with Gasteiger partial charge in [-0.25, -0.2) is 19.3 Å². The molecule has 11 nitrogen and oxygen atoms in total. The summed E-state index contributed by atoms with van der Waals surface area (Å²) in [4.78, 5) is 35.1. The number of likely N-dealkylation sites (tertiary alicyclic amines) is 1. The van der Waals surface area contributed by atoms with E-state index in [2.05, 4.69) is 25.7 Å². The quantitative estimate of drug-likeness (QED) is 0.605. The number of methoxy groups -OCH3 is 1. The molecule has 0 aromatic carbocycles. The van der Waals surface area contributed by atoms with E-state index in [0.717, 1.165) is 22.3 Å². The van der Waals surface area contributed by atoms with Crippen molar-refractivity contribution in [3.8, 4) is 5.69 Å². The molecular formula is C23H29N7O4. The van der Waals surface area contributed by atoms with Gasteiger partial charge in [0.15, 0.2) is 0 Å². The Bertz CT molecular complexity index is 1200. The number of pyridine rings is 2. The van der Waals surface area contributed by atoms with Gasteiger partial charge in [-0.2, -0.15) is 5.10 Å². The second kappa shape index (κ2) is 9.26. The molecule has 1 fully saturated rings. The molecule has 0 bridgehead atoms. The first-order valence-electron chi connectivity index (χ1n) is 11.0. The fourth-order valence-electron chi connectivity index (χ4n) is 3.81. The zero-order chi connectivity index (χ0) is 24.5. The van der Waals surface area contributed by atoms with Gasteiger partial charge in [-0.15, -0.1) is 0 Å². The van der Waals surface area contributed by atoms with Crippen molar-refractivity contribution in [3.63, 3.8) is 0 Å². The summed E-state index contributed by atoms with van der Waals surface area (Å²) in [6.45, 7) is 7.95. The van der Waals surface area contributed by atoms with Gasteiger partial charge in [-0.3, -0.25) is 10.3 Å². The number of carbonyl (C=O) groups excluding carboxylic acids is 2. The first kappa shape index (κ1) is 23.4. The van der Waals surface area contributed by atoms with Crippen LogP contribution < -0.4 is 10.6 Å². The molecule has 0 radical (unpaired) electrons. The van der Waals surface area contributed by atoms with Gasteiger partial charge in [0.1, 0.15) is 11.4 Å². The van der Waals surface area contributed by atoms with E-state index >= 15 is 0 Å². The fourth-order valence-corrected chi connectivity index (χ4v) is 3.81. The van der Waals surface area contributed by atoms with E-state index in [1.807, 2.05) is 39.8 Å². The fraction of sp³-hybridized carbons (Fsp3) is 0.435. The zero-order valence-corrected chi connectivity index (χ0v) is 19.9. The van der Waals surface area contributed by atoms with Crippen LogP contribution in [-0.2, 0) is 9.47 Å².